The van der Waals surface area contributed by atoms with Crippen LogP contribution in [0.15, 0.2) is 24.8 Å². The first-order chi connectivity index (χ1) is 15.8. The number of carbonyl (C=O) groups is 2. The summed E-state index contributed by atoms with van der Waals surface area (Å²) < 4.78 is 17.7. The van der Waals surface area contributed by atoms with Crippen LogP contribution in [-0.2, 0) is 9.16 Å². The molecule has 186 valence electrons. The van der Waals surface area contributed by atoms with E-state index >= 15 is 0 Å². The number of anilines is 1. The van der Waals surface area contributed by atoms with E-state index in [9.17, 15) is 14.7 Å². The van der Waals surface area contributed by atoms with Crippen LogP contribution in [0.25, 0.3) is 0 Å². The number of aromatic hydroxyl groups is 1. The van der Waals surface area contributed by atoms with Gasteiger partial charge in [0.15, 0.2) is 26.0 Å². The van der Waals surface area contributed by atoms with Gasteiger partial charge in [0.1, 0.15) is 6.61 Å². The topological polar surface area (TPSA) is 88.5 Å². The highest BCUT2D eigenvalue weighted by Gasteiger charge is 2.59. The van der Waals surface area contributed by atoms with Crippen LogP contribution in [0.1, 0.15) is 50.4 Å². The molecule has 1 aliphatic carbocycles. The lowest BCUT2D eigenvalue weighted by molar-refractivity contribution is 0.0528. The minimum Gasteiger partial charge on any atom is -0.504 e. The summed E-state index contributed by atoms with van der Waals surface area (Å²) in [6.45, 7) is 15.0. The summed E-state index contributed by atoms with van der Waals surface area (Å²) >= 11 is 0. The standard InChI is InChI=1S/C25H36N2O6Si/c1-8-11-32-23(30)27-17-13-19(28)20(31-5)12-16(17)21(29)26-15-25(9-10-25)14-18(26)22(27)33-34(6,7)24(2,3)4/h8,12-13,18,22,28H,1,9-11,14-15H2,2-7H3/t18-,22-/m0/s1. The smallest absolute Gasteiger partial charge is 0.416 e. The summed E-state index contributed by atoms with van der Waals surface area (Å²) in [5.41, 5.74) is 0.638. The van der Waals surface area contributed by atoms with Gasteiger partial charge in [0.05, 0.1) is 24.4 Å². The highest BCUT2D eigenvalue weighted by Crippen LogP contribution is 2.57. The molecule has 34 heavy (non-hydrogen) atoms. The molecule has 2 aliphatic heterocycles. The van der Waals surface area contributed by atoms with Crippen molar-refractivity contribution in [3.05, 3.63) is 30.4 Å². The third kappa shape index (κ3) is 4.09. The van der Waals surface area contributed by atoms with Gasteiger partial charge in [-0.15, -0.1) is 0 Å². The maximum absolute atomic E-state index is 13.9. The lowest BCUT2D eigenvalue weighted by Gasteiger charge is -2.44. The van der Waals surface area contributed by atoms with E-state index < -0.39 is 20.6 Å². The molecule has 2 atom stereocenters. The van der Waals surface area contributed by atoms with Crippen LogP contribution in [0.4, 0.5) is 10.5 Å². The molecule has 8 nitrogen and oxygen atoms in total. The van der Waals surface area contributed by atoms with Gasteiger partial charge < -0.3 is 23.9 Å². The molecule has 0 aromatic heterocycles. The second-order valence-electron chi connectivity index (χ2n) is 11.3. The summed E-state index contributed by atoms with van der Waals surface area (Å²) in [5.74, 6) is -0.181. The Morgan fingerprint density at radius 1 is 1.32 bits per heavy atom. The number of hydrogen-bond donors (Lipinski definition) is 1. The Kier molecular flexibility index (Phi) is 6.01. The van der Waals surface area contributed by atoms with E-state index in [0.29, 0.717) is 6.54 Å². The van der Waals surface area contributed by atoms with E-state index in [1.165, 1.54) is 30.2 Å². The predicted octanol–water partition coefficient (Wildman–Crippen LogP) is 4.89. The first-order valence-electron chi connectivity index (χ1n) is 11.8. The zero-order valence-electron chi connectivity index (χ0n) is 21.0. The Bertz CT molecular complexity index is 1010. The van der Waals surface area contributed by atoms with E-state index in [-0.39, 0.29) is 51.8 Å². The van der Waals surface area contributed by atoms with Crippen molar-refractivity contribution in [3.8, 4) is 11.5 Å². The molecular formula is C25H36N2O6Si. The fraction of sp³-hybridized carbons (Fsp3) is 0.600. The molecule has 3 aliphatic rings. The van der Waals surface area contributed by atoms with Crippen LogP contribution in [0, 0.1) is 5.41 Å². The fourth-order valence-electron chi connectivity index (χ4n) is 4.68. The van der Waals surface area contributed by atoms with Crippen LogP contribution >= 0.6 is 0 Å². The molecule has 0 radical (unpaired) electrons. The summed E-state index contributed by atoms with van der Waals surface area (Å²) in [6, 6.07) is 2.59. The quantitative estimate of drug-likeness (QED) is 0.469. The molecular weight excluding hydrogens is 452 g/mol. The second kappa shape index (κ2) is 8.30. The zero-order valence-corrected chi connectivity index (χ0v) is 22.0. The van der Waals surface area contributed by atoms with Gasteiger partial charge in [-0.25, -0.2) is 9.69 Å². The minimum atomic E-state index is -2.39. The van der Waals surface area contributed by atoms with Crippen LogP contribution in [0.5, 0.6) is 11.5 Å². The molecule has 0 unspecified atom stereocenters. The first-order valence-corrected chi connectivity index (χ1v) is 14.7. The van der Waals surface area contributed by atoms with Crippen LogP contribution < -0.4 is 9.64 Å². The summed E-state index contributed by atoms with van der Waals surface area (Å²) in [6.07, 6.45) is 3.01. The molecule has 1 spiro atoms. The SMILES string of the molecule is C=CCOC(=O)N1c2cc(O)c(OC)cc2C(=O)N2CC3(CC3)C[C@H]2[C@@H]1O[Si](C)(C)C(C)(C)C. The number of amides is 2. The van der Waals surface area contributed by atoms with Crippen molar-refractivity contribution in [2.75, 3.05) is 25.2 Å². The van der Waals surface area contributed by atoms with Gasteiger partial charge >= 0.3 is 6.09 Å². The molecule has 9 heteroatoms. The van der Waals surface area contributed by atoms with Crippen molar-refractivity contribution in [1.29, 1.82) is 0 Å². The average Bonchev–Trinajstić information content (AvgIpc) is 3.41. The number of carbonyl (C=O) groups excluding carboxylic acids is 2. The van der Waals surface area contributed by atoms with Gasteiger partial charge in [0, 0.05) is 12.6 Å². The third-order valence-electron chi connectivity index (χ3n) is 7.88. The first kappa shape index (κ1) is 24.6. The molecule has 1 saturated heterocycles. The number of ether oxygens (including phenoxy) is 2. The van der Waals surface area contributed by atoms with E-state index in [4.69, 9.17) is 13.9 Å². The van der Waals surface area contributed by atoms with E-state index in [1.807, 2.05) is 4.90 Å². The largest absolute Gasteiger partial charge is 0.504 e. The average molecular weight is 489 g/mol. The van der Waals surface area contributed by atoms with Crippen molar-refractivity contribution in [1.82, 2.24) is 4.90 Å². The molecule has 1 saturated carbocycles. The zero-order chi connectivity index (χ0) is 25.1. The van der Waals surface area contributed by atoms with Crippen molar-refractivity contribution < 1.29 is 28.6 Å². The maximum atomic E-state index is 13.9. The maximum Gasteiger partial charge on any atom is 0.416 e. The minimum absolute atomic E-state index is 0.0197. The fourth-order valence-corrected chi connectivity index (χ4v) is 5.90. The summed E-state index contributed by atoms with van der Waals surface area (Å²) in [4.78, 5) is 30.7. The lowest BCUT2D eigenvalue weighted by Crippen LogP contribution is -2.58. The van der Waals surface area contributed by atoms with Gasteiger partial charge in [-0.1, -0.05) is 33.4 Å². The van der Waals surface area contributed by atoms with Gasteiger partial charge in [0.25, 0.3) is 5.91 Å². The Hall–Kier alpha value is -2.52. The van der Waals surface area contributed by atoms with Gasteiger partial charge in [-0.05, 0) is 48.9 Å². The van der Waals surface area contributed by atoms with Crippen LogP contribution in [-0.4, -0.2) is 62.9 Å². The van der Waals surface area contributed by atoms with Crippen molar-refractivity contribution in [2.45, 2.75) is 70.4 Å². The number of nitrogens with zero attached hydrogens (tertiary/aromatic N) is 2. The third-order valence-corrected chi connectivity index (χ3v) is 12.3. The Balaban J connectivity index is 1.91. The number of rotatable bonds is 5. The van der Waals surface area contributed by atoms with Gasteiger partial charge in [-0.3, -0.25) is 4.79 Å². The van der Waals surface area contributed by atoms with E-state index in [1.54, 1.807) is 0 Å². The molecule has 0 bridgehead atoms. The molecule has 2 fully saturated rings. The van der Waals surface area contributed by atoms with E-state index in [2.05, 4.69) is 40.4 Å². The number of benzene rings is 1. The van der Waals surface area contributed by atoms with Gasteiger partial charge in [0.2, 0.25) is 0 Å². The monoisotopic (exact) mass is 488 g/mol. The summed E-state index contributed by atoms with van der Waals surface area (Å²) in [5, 5.41) is 10.5. The second-order valence-corrected chi connectivity index (χ2v) is 16.0. The number of methoxy groups -OCH3 is 1. The predicted molar refractivity (Wildman–Crippen MR) is 132 cm³/mol. The highest BCUT2D eigenvalue weighted by molar-refractivity contribution is 6.74. The Labute approximate surface area is 202 Å². The van der Waals surface area contributed by atoms with Crippen molar-refractivity contribution in [2.24, 2.45) is 5.41 Å². The van der Waals surface area contributed by atoms with Crippen LogP contribution in [0.2, 0.25) is 18.1 Å². The molecule has 4 rings (SSSR count). The normalized spacial score (nSPS) is 23.3. The Morgan fingerprint density at radius 2 is 2.00 bits per heavy atom. The molecule has 1 N–H and O–H groups in total. The highest BCUT2D eigenvalue weighted by atomic mass is 28.4. The van der Waals surface area contributed by atoms with Crippen molar-refractivity contribution in [3.63, 3.8) is 0 Å². The van der Waals surface area contributed by atoms with E-state index in [0.717, 1.165) is 19.3 Å². The Morgan fingerprint density at radius 3 is 2.56 bits per heavy atom. The summed E-state index contributed by atoms with van der Waals surface area (Å²) in [7, 11) is -0.958. The number of phenols is 1. The lowest BCUT2D eigenvalue weighted by atomic mass is 10.0. The molecule has 1 aromatic carbocycles. The van der Waals surface area contributed by atoms with Crippen LogP contribution in [0.3, 0.4) is 0 Å². The molecule has 1 aromatic rings. The number of hydrogen-bond acceptors (Lipinski definition) is 6. The molecule has 2 amide bonds. The van der Waals surface area contributed by atoms with Crippen molar-refractivity contribution >= 4 is 26.0 Å². The van der Waals surface area contributed by atoms with Gasteiger partial charge in [-0.2, -0.15) is 0 Å². The molecule has 2 heterocycles. The number of phenolic OH excluding ortho intramolecular Hbond substituents is 1. The number of fused-ring (bicyclic) bond motifs is 2.